The zero-order valence-corrected chi connectivity index (χ0v) is 11.9. The average Bonchev–Trinajstić information content (AvgIpc) is 2.54. The fourth-order valence-corrected chi connectivity index (χ4v) is 1.98. The molecule has 2 aromatic carbocycles. The van der Waals surface area contributed by atoms with Crippen molar-refractivity contribution < 1.29 is 23.4 Å². The summed E-state index contributed by atoms with van der Waals surface area (Å²) < 4.78 is 32.0. The Kier molecular flexibility index (Phi) is 5.06. The minimum Gasteiger partial charge on any atom is -0.494 e. The molecule has 22 heavy (non-hydrogen) atoms. The third-order valence-corrected chi connectivity index (χ3v) is 3.16. The molecule has 0 unspecified atom stereocenters. The van der Waals surface area contributed by atoms with Crippen LogP contribution in [0.2, 0.25) is 0 Å². The molecule has 0 saturated heterocycles. The van der Waals surface area contributed by atoms with E-state index in [0.717, 1.165) is 0 Å². The maximum absolute atomic E-state index is 14.0. The van der Waals surface area contributed by atoms with Gasteiger partial charge in [-0.3, -0.25) is 4.79 Å². The zero-order valence-electron chi connectivity index (χ0n) is 11.9. The lowest BCUT2D eigenvalue weighted by atomic mass is 10.1. The molecular weight excluding hydrogens is 292 g/mol. The van der Waals surface area contributed by atoms with Crippen LogP contribution in [0.4, 0.5) is 8.78 Å². The van der Waals surface area contributed by atoms with Crippen LogP contribution in [-0.4, -0.2) is 18.1 Å². The monoisotopic (exact) mass is 307 g/mol. The second-order valence-electron chi connectivity index (χ2n) is 4.59. The molecule has 6 heteroatoms. The number of aliphatic hydroxyl groups is 1. The van der Waals surface area contributed by atoms with Gasteiger partial charge in [0.05, 0.1) is 19.3 Å². The molecule has 0 spiro atoms. The van der Waals surface area contributed by atoms with Gasteiger partial charge in [0.1, 0.15) is 5.82 Å². The summed E-state index contributed by atoms with van der Waals surface area (Å²) in [5.74, 6) is -1.88. The van der Waals surface area contributed by atoms with E-state index in [2.05, 4.69) is 5.32 Å². The molecule has 0 atom stereocenters. The Bertz CT molecular complexity index is 689. The van der Waals surface area contributed by atoms with Crippen molar-refractivity contribution >= 4 is 5.91 Å². The van der Waals surface area contributed by atoms with E-state index in [1.807, 2.05) is 0 Å². The van der Waals surface area contributed by atoms with Crippen molar-refractivity contribution in [2.45, 2.75) is 13.2 Å². The predicted molar refractivity (Wildman–Crippen MR) is 76.4 cm³/mol. The lowest BCUT2D eigenvalue weighted by molar-refractivity contribution is 0.0946. The van der Waals surface area contributed by atoms with Crippen LogP contribution < -0.4 is 10.1 Å². The van der Waals surface area contributed by atoms with E-state index in [0.29, 0.717) is 5.56 Å². The second-order valence-corrected chi connectivity index (χ2v) is 4.59. The van der Waals surface area contributed by atoms with Gasteiger partial charge in [0.15, 0.2) is 11.6 Å². The summed E-state index contributed by atoms with van der Waals surface area (Å²) in [5.41, 5.74) is 0.602. The third kappa shape index (κ3) is 3.40. The lowest BCUT2D eigenvalue weighted by Gasteiger charge is -2.09. The minimum atomic E-state index is -0.738. The van der Waals surface area contributed by atoms with Crippen LogP contribution in [-0.2, 0) is 13.2 Å². The molecule has 0 aliphatic heterocycles. The molecule has 116 valence electrons. The summed E-state index contributed by atoms with van der Waals surface area (Å²) in [6, 6.07) is 8.41. The summed E-state index contributed by atoms with van der Waals surface area (Å²) in [6.07, 6.45) is 0. The van der Waals surface area contributed by atoms with E-state index in [1.165, 1.54) is 43.5 Å². The number of hydrogen-bond acceptors (Lipinski definition) is 3. The van der Waals surface area contributed by atoms with Crippen molar-refractivity contribution in [3.05, 3.63) is 64.7 Å². The molecule has 0 aliphatic carbocycles. The van der Waals surface area contributed by atoms with Crippen LogP contribution in [0.3, 0.4) is 0 Å². The normalized spacial score (nSPS) is 10.4. The lowest BCUT2D eigenvalue weighted by Crippen LogP contribution is -2.24. The minimum absolute atomic E-state index is 0.0167. The highest BCUT2D eigenvalue weighted by atomic mass is 19.1. The first-order valence-electron chi connectivity index (χ1n) is 6.55. The first-order valence-corrected chi connectivity index (χ1v) is 6.55. The van der Waals surface area contributed by atoms with Gasteiger partial charge < -0.3 is 15.2 Å². The summed E-state index contributed by atoms with van der Waals surface area (Å²) >= 11 is 0. The van der Waals surface area contributed by atoms with Gasteiger partial charge in [-0.15, -0.1) is 0 Å². The standard InChI is InChI=1S/C16H15F2NO3/c1-22-14-4-2-3-12(15(14)18)16(21)19-8-10-5-6-13(17)11(7-10)9-20/h2-7,20H,8-9H2,1H3,(H,19,21). The first kappa shape index (κ1) is 15.9. The van der Waals surface area contributed by atoms with Gasteiger partial charge in [-0.05, 0) is 29.8 Å². The number of carbonyl (C=O) groups excluding carboxylic acids is 1. The van der Waals surface area contributed by atoms with Crippen molar-refractivity contribution in [1.29, 1.82) is 0 Å². The van der Waals surface area contributed by atoms with E-state index in [9.17, 15) is 13.6 Å². The summed E-state index contributed by atoms with van der Waals surface area (Å²) in [6.45, 7) is -0.346. The summed E-state index contributed by atoms with van der Waals surface area (Å²) in [5, 5.41) is 11.5. The zero-order chi connectivity index (χ0) is 16.1. The number of aliphatic hydroxyl groups excluding tert-OH is 1. The number of carbonyl (C=O) groups is 1. The van der Waals surface area contributed by atoms with Crippen molar-refractivity contribution in [2.75, 3.05) is 7.11 Å². The Morgan fingerprint density at radius 3 is 2.73 bits per heavy atom. The summed E-state index contributed by atoms with van der Waals surface area (Å²) in [7, 11) is 1.31. The van der Waals surface area contributed by atoms with Gasteiger partial charge in [-0.25, -0.2) is 8.78 Å². The predicted octanol–water partition coefficient (Wildman–Crippen LogP) is 2.40. The van der Waals surface area contributed by atoms with Crippen molar-refractivity contribution in [2.24, 2.45) is 0 Å². The van der Waals surface area contributed by atoms with E-state index in [4.69, 9.17) is 9.84 Å². The van der Waals surface area contributed by atoms with Gasteiger partial charge in [0.25, 0.3) is 5.91 Å². The van der Waals surface area contributed by atoms with E-state index in [1.54, 1.807) is 0 Å². The molecule has 2 rings (SSSR count). The maximum Gasteiger partial charge on any atom is 0.254 e. The van der Waals surface area contributed by atoms with E-state index in [-0.39, 0.29) is 23.4 Å². The molecule has 0 heterocycles. The number of halogens is 2. The van der Waals surface area contributed by atoms with Crippen LogP contribution in [0.15, 0.2) is 36.4 Å². The third-order valence-electron chi connectivity index (χ3n) is 3.16. The second kappa shape index (κ2) is 7.00. The smallest absolute Gasteiger partial charge is 0.254 e. The molecule has 1 amide bonds. The van der Waals surface area contributed by atoms with E-state index >= 15 is 0 Å². The van der Waals surface area contributed by atoms with Gasteiger partial charge in [-0.1, -0.05) is 12.1 Å². The Labute approximate surface area is 126 Å². The molecule has 4 nitrogen and oxygen atoms in total. The SMILES string of the molecule is COc1cccc(C(=O)NCc2ccc(F)c(CO)c2)c1F. The highest BCUT2D eigenvalue weighted by Gasteiger charge is 2.15. The van der Waals surface area contributed by atoms with Crippen LogP contribution in [0.5, 0.6) is 5.75 Å². The van der Waals surface area contributed by atoms with Crippen molar-refractivity contribution in [3.8, 4) is 5.75 Å². The molecule has 0 bridgehead atoms. The molecule has 2 N–H and O–H groups in total. The highest BCUT2D eigenvalue weighted by Crippen LogP contribution is 2.20. The molecular formula is C16H15F2NO3. The van der Waals surface area contributed by atoms with Crippen molar-refractivity contribution in [3.63, 3.8) is 0 Å². The Morgan fingerprint density at radius 2 is 2.05 bits per heavy atom. The van der Waals surface area contributed by atoms with Crippen LogP contribution in [0, 0.1) is 11.6 Å². The number of nitrogens with one attached hydrogen (secondary N) is 1. The Morgan fingerprint density at radius 1 is 1.27 bits per heavy atom. The number of benzene rings is 2. The molecule has 0 aliphatic rings. The average molecular weight is 307 g/mol. The van der Waals surface area contributed by atoms with Gasteiger partial charge in [0.2, 0.25) is 0 Å². The number of amides is 1. The van der Waals surface area contributed by atoms with Crippen LogP contribution in [0.1, 0.15) is 21.5 Å². The number of methoxy groups -OCH3 is 1. The number of hydrogen-bond donors (Lipinski definition) is 2. The maximum atomic E-state index is 14.0. The Hall–Kier alpha value is -2.47. The molecule has 0 fully saturated rings. The number of ether oxygens (including phenoxy) is 1. The molecule has 2 aromatic rings. The summed E-state index contributed by atoms with van der Waals surface area (Å²) in [4.78, 5) is 12.0. The molecule has 0 saturated carbocycles. The Balaban J connectivity index is 2.10. The highest BCUT2D eigenvalue weighted by molar-refractivity contribution is 5.94. The first-order chi connectivity index (χ1) is 10.6. The fourth-order valence-electron chi connectivity index (χ4n) is 1.98. The van der Waals surface area contributed by atoms with Gasteiger partial charge in [0, 0.05) is 12.1 Å². The largest absolute Gasteiger partial charge is 0.494 e. The fraction of sp³-hybridized carbons (Fsp3) is 0.188. The molecule has 0 radical (unpaired) electrons. The van der Waals surface area contributed by atoms with E-state index < -0.39 is 24.1 Å². The quantitative estimate of drug-likeness (QED) is 0.892. The topological polar surface area (TPSA) is 58.6 Å². The van der Waals surface area contributed by atoms with Crippen LogP contribution >= 0.6 is 0 Å². The molecule has 0 aromatic heterocycles. The van der Waals surface area contributed by atoms with Crippen molar-refractivity contribution in [1.82, 2.24) is 5.32 Å². The number of rotatable bonds is 5. The van der Waals surface area contributed by atoms with Crippen LogP contribution in [0.25, 0.3) is 0 Å². The van der Waals surface area contributed by atoms with Gasteiger partial charge >= 0.3 is 0 Å². The van der Waals surface area contributed by atoms with Gasteiger partial charge in [-0.2, -0.15) is 0 Å².